The number of unbranched alkanes of at least 4 members (excludes halogenated alkanes) is 2. The van der Waals surface area contributed by atoms with Gasteiger partial charge in [-0.1, -0.05) is 42.8 Å². The van der Waals surface area contributed by atoms with Crippen molar-refractivity contribution in [1.82, 2.24) is 0 Å². The Morgan fingerprint density at radius 3 is 2.33 bits per heavy atom. The molecule has 0 spiro atoms. The summed E-state index contributed by atoms with van der Waals surface area (Å²) in [6.07, 6.45) is 5.53. The number of fused-ring (bicyclic) bond motifs is 2. The van der Waals surface area contributed by atoms with E-state index in [1.165, 1.54) is 41.4 Å². The van der Waals surface area contributed by atoms with Crippen LogP contribution in [0.2, 0.25) is 0 Å². The van der Waals surface area contributed by atoms with E-state index >= 15 is 0 Å². The van der Waals surface area contributed by atoms with Crippen molar-refractivity contribution in [3.8, 4) is 0 Å². The van der Waals surface area contributed by atoms with Crippen molar-refractivity contribution < 1.29 is 17.5 Å². The molecule has 0 saturated heterocycles. The third-order valence-electron chi connectivity index (χ3n) is 8.69. The minimum absolute atomic E-state index is 0.113. The van der Waals surface area contributed by atoms with Crippen LogP contribution in [0, 0.1) is 13.8 Å². The molecule has 5 rings (SSSR count). The van der Waals surface area contributed by atoms with Crippen LogP contribution < -0.4 is 4.90 Å². The van der Waals surface area contributed by atoms with Gasteiger partial charge >= 0.3 is 0 Å². The number of anilines is 2. The molecule has 218 valence electrons. The molecule has 0 unspecified atom stereocenters. The molecule has 5 nitrogen and oxygen atoms in total. The molecule has 2 aliphatic heterocycles. The van der Waals surface area contributed by atoms with Crippen molar-refractivity contribution in [3.63, 3.8) is 0 Å². The molecule has 2 heterocycles. The van der Waals surface area contributed by atoms with E-state index in [4.69, 9.17) is 0 Å². The van der Waals surface area contributed by atoms with Crippen molar-refractivity contribution in [3.05, 3.63) is 106 Å². The van der Waals surface area contributed by atoms with Crippen molar-refractivity contribution >= 4 is 32.9 Å². The van der Waals surface area contributed by atoms with E-state index in [2.05, 4.69) is 106 Å². The zero-order chi connectivity index (χ0) is 30.4. The van der Waals surface area contributed by atoms with Crippen LogP contribution in [-0.4, -0.2) is 29.8 Å². The summed E-state index contributed by atoms with van der Waals surface area (Å²) in [7, 11) is -4.35. The fraction of sp³-hybridized carbons (Fsp3) is 0.361. The summed E-state index contributed by atoms with van der Waals surface area (Å²) in [5, 5.41) is 0. The van der Waals surface area contributed by atoms with Crippen molar-refractivity contribution in [2.45, 2.75) is 83.5 Å². The zero-order valence-electron chi connectivity index (χ0n) is 25.7. The van der Waals surface area contributed by atoms with Gasteiger partial charge < -0.3 is 4.90 Å². The number of allylic oxidation sites excluding steroid dienone is 2. The van der Waals surface area contributed by atoms with Gasteiger partial charge in [-0.25, -0.2) is 0 Å². The molecular formula is C36H41N2O3S+. The average Bonchev–Trinajstić information content (AvgIpc) is 3.27. The molecule has 0 aromatic heterocycles. The predicted octanol–water partition coefficient (Wildman–Crippen LogP) is 8.44. The van der Waals surface area contributed by atoms with E-state index in [0.29, 0.717) is 0 Å². The second kappa shape index (κ2) is 10.9. The molecule has 0 amide bonds. The Balaban J connectivity index is 1.72. The third-order valence-corrected chi connectivity index (χ3v) is 9.54. The highest BCUT2D eigenvalue weighted by molar-refractivity contribution is 7.85. The Labute approximate surface area is 251 Å². The lowest BCUT2D eigenvalue weighted by Gasteiger charge is -2.25. The molecule has 0 bridgehead atoms. The molecule has 42 heavy (non-hydrogen) atoms. The first-order valence-corrected chi connectivity index (χ1v) is 16.2. The summed E-state index contributed by atoms with van der Waals surface area (Å²) in [6.45, 7) is 16.0. The highest BCUT2D eigenvalue weighted by Gasteiger charge is 2.45. The van der Waals surface area contributed by atoms with Crippen molar-refractivity contribution in [2.75, 3.05) is 11.4 Å². The first-order valence-electron chi connectivity index (χ1n) is 14.7. The number of hydrogen-bond acceptors (Lipinski definition) is 3. The minimum Gasteiger partial charge on any atom is -0.306 e. The van der Waals surface area contributed by atoms with Gasteiger partial charge in [-0.3, -0.25) is 4.55 Å². The molecule has 6 heteroatoms. The van der Waals surface area contributed by atoms with Crippen LogP contribution in [0.25, 0.3) is 0 Å². The summed E-state index contributed by atoms with van der Waals surface area (Å²) in [4.78, 5) is 2.01. The second-order valence-corrected chi connectivity index (χ2v) is 14.0. The van der Waals surface area contributed by atoms with Crippen molar-refractivity contribution in [1.29, 1.82) is 0 Å². The quantitative estimate of drug-likeness (QED) is 0.132. The standard InChI is InChI=1S/C36H40N2O3S/c1-8-9-10-21-37-31-19-17-26(3)23-29(31)35(4,5)33(37)15-12-16-34-36(6,7)30-24-28(42(39,40)41)18-20-32(30)38(34)27-14-11-13-25(2)22-27/h11,13-15,17-20,22-24H,8-10,21H2,1-7H3/p+1. The number of benzene rings is 3. The van der Waals surface area contributed by atoms with E-state index in [0.717, 1.165) is 41.2 Å². The van der Waals surface area contributed by atoms with Crippen LogP contribution in [0.1, 0.15) is 76.1 Å². The molecule has 3 aromatic carbocycles. The number of nitrogens with zero attached hydrogens (tertiary/aromatic N) is 2. The fourth-order valence-corrected chi connectivity index (χ4v) is 6.84. The number of hydrogen-bond donors (Lipinski definition) is 1. The van der Waals surface area contributed by atoms with Gasteiger partial charge in [-0.05, 0) is 101 Å². The first-order chi connectivity index (χ1) is 19.8. The van der Waals surface area contributed by atoms with E-state index < -0.39 is 15.5 Å². The maximum Gasteiger partial charge on any atom is 0.294 e. The topological polar surface area (TPSA) is 60.6 Å². The third kappa shape index (κ3) is 5.21. The largest absolute Gasteiger partial charge is 0.306 e. The first kappa shape index (κ1) is 29.8. The normalized spacial score (nSPS) is 16.7. The molecule has 0 saturated carbocycles. The SMILES string of the molecule is CCCCC[N+]1=C(C=C=C=C2N(c3cccc(C)c3)c3ccc(S(=O)(=O)O)cc3C2(C)C)C(C)(C)c2cc(C)ccc21. The van der Waals surface area contributed by atoms with E-state index in [1.54, 1.807) is 12.1 Å². The summed E-state index contributed by atoms with van der Waals surface area (Å²) < 4.78 is 36.3. The Bertz CT molecular complexity index is 1820. The molecule has 0 fully saturated rings. The monoisotopic (exact) mass is 581 g/mol. The Morgan fingerprint density at radius 2 is 1.64 bits per heavy atom. The van der Waals surface area contributed by atoms with Crippen LogP contribution in [0.3, 0.4) is 0 Å². The van der Waals surface area contributed by atoms with E-state index in [1.807, 2.05) is 12.1 Å². The van der Waals surface area contributed by atoms with Gasteiger partial charge in [0.2, 0.25) is 11.4 Å². The minimum atomic E-state index is -4.35. The zero-order valence-corrected chi connectivity index (χ0v) is 26.6. The molecule has 0 aliphatic carbocycles. The van der Waals surface area contributed by atoms with Gasteiger partial charge in [0.15, 0.2) is 0 Å². The van der Waals surface area contributed by atoms with Crippen LogP contribution in [0.5, 0.6) is 0 Å². The molecule has 3 aromatic rings. The summed E-state index contributed by atoms with van der Waals surface area (Å²) in [5.74, 6) is 0. The lowest BCUT2D eigenvalue weighted by atomic mass is 9.81. The number of rotatable bonds is 7. The molecule has 2 aliphatic rings. The van der Waals surface area contributed by atoms with Crippen LogP contribution in [-0.2, 0) is 20.9 Å². The lowest BCUT2D eigenvalue weighted by molar-refractivity contribution is -0.438. The van der Waals surface area contributed by atoms with Crippen LogP contribution in [0.4, 0.5) is 17.1 Å². The van der Waals surface area contributed by atoms with Gasteiger partial charge in [0.05, 0.1) is 27.8 Å². The van der Waals surface area contributed by atoms with Crippen molar-refractivity contribution in [2.24, 2.45) is 0 Å². The molecule has 0 radical (unpaired) electrons. The Hall–Kier alpha value is -3.66. The second-order valence-electron chi connectivity index (χ2n) is 12.6. The van der Waals surface area contributed by atoms with Crippen LogP contribution in [0.15, 0.2) is 88.8 Å². The smallest absolute Gasteiger partial charge is 0.294 e. The molecular weight excluding hydrogens is 540 g/mol. The van der Waals surface area contributed by atoms with Gasteiger partial charge in [-0.2, -0.15) is 13.0 Å². The summed E-state index contributed by atoms with van der Waals surface area (Å²) in [5.41, 5.74) is 15.8. The maximum atomic E-state index is 12.0. The van der Waals surface area contributed by atoms with Gasteiger partial charge in [0, 0.05) is 29.2 Å². The van der Waals surface area contributed by atoms with Crippen LogP contribution >= 0.6 is 0 Å². The Morgan fingerprint density at radius 1 is 0.905 bits per heavy atom. The summed E-state index contributed by atoms with van der Waals surface area (Å²) >= 11 is 0. The maximum absolute atomic E-state index is 12.0. The number of aryl methyl sites for hydroxylation is 2. The molecule has 1 N–H and O–H groups in total. The van der Waals surface area contributed by atoms with E-state index in [9.17, 15) is 13.0 Å². The Kier molecular flexibility index (Phi) is 7.72. The highest BCUT2D eigenvalue weighted by Crippen LogP contribution is 2.51. The summed E-state index contributed by atoms with van der Waals surface area (Å²) in [6, 6.07) is 19.8. The van der Waals surface area contributed by atoms with Gasteiger partial charge in [0.25, 0.3) is 10.1 Å². The predicted molar refractivity (Wildman–Crippen MR) is 171 cm³/mol. The lowest BCUT2D eigenvalue weighted by Crippen LogP contribution is -2.27. The van der Waals surface area contributed by atoms with Gasteiger partial charge in [-0.15, -0.1) is 0 Å². The average molecular weight is 582 g/mol. The highest BCUT2D eigenvalue weighted by atomic mass is 32.2. The molecule has 0 atom stereocenters. The fourth-order valence-electron chi connectivity index (χ4n) is 6.33. The van der Waals surface area contributed by atoms with Gasteiger partial charge in [0.1, 0.15) is 6.54 Å². The van der Waals surface area contributed by atoms with E-state index in [-0.39, 0.29) is 10.3 Å².